The molecule has 41 heavy (non-hydrogen) atoms. The highest BCUT2D eigenvalue weighted by molar-refractivity contribution is 5.81. The van der Waals surface area contributed by atoms with Gasteiger partial charge in [-0.2, -0.15) is 4.98 Å². The molecule has 4 aromatic heterocycles. The van der Waals surface area contributed by atoms with Crippen molar-refractivity contribution in [1.29, 1.82) is 0 Å². The molecule has 0 aromatic carbocycles. The number of nitrogen functional groups attached to an aromatic ring is 2. The van der Waals surface area contributed by atoms with E-state index in [1.807, 2.05) is 0 Å². The maximum atomic E-state index is 12.3. The quantitative estimate of drug-likeness (QED) is 0.125. The van der Waals surface area contributed by atoms with Gasteiger partial charge in [-0.3, -0.25) is 28.9 Å². The summed E-state index contributed by atoms with van der Waals surface area (Å²) in [6.45, 7) is 0.234. The van der Waals surface area contributed by atoms with Crippen LogP contribution in [0.1, 0.15) is 12.5 Å². The van der Waals surface area contributed by atoms with E-state index >= 15 is 0 Å². The number of fused-ring (bicyclic) bond motifs is 5. The lowest BCUT2D eigenvalue weighted by molar-refractivity contribution is -0.0320. The summed E-state index contributed by atoms with van der Waals surface area (Å²) in [6.07, 6.45) is 2.15. The Morgan fingerprint density at radius 1 is 0.829 bits per heavy atom. The van der Waals surface area contributed by atoms with Gasteiger partial charge in [0.15, 0.2) is 35.1 Å². The molecule has 214 valence electrons. The Balaban J connectivity index is 1.15. The van der Waals surface area contributed by atoms with Crippen LogP contribution >= 0.6 is 0 Å². The van der Waals surface area contributed by atoms with Crippen LogP contribution in [0.25, 0.3) is 22.3 Å². The van der Waals surface area contributed by atoms with Crippen molar-refractivity contribution in [1.82, 2.24) is 49.7 Å². The molecule has 9 N–H and O–H groups in total. The fourth-order valence-corrected chi connectivity index (χ4v) is 5.43. The third-order valence-electron chi connectivity index (χ3n) is 7.42. The smallest absolute Gasteiger partial charge is 0.280 e. The van der Waals surface area contributed by atoms with Crippen LogP contribution in [0.3, 0.4) is 0 Å². The van der Waals surface area contributed by atoms with Crippen LogP contribution in [0.2, 0.25) is 0 Å². The van der Waals surface area contributed by atoms with Gasteiger partial charge in [0.05, 0.1) is 44.5 Å². The number of H-pyrrole nitrogens is 1. The van der Waals surface area contributed by atoms with E-state index in [-0.39, 0.29) is 36.0 Å². The minimum absolute atomic E-state index is 0.0746. The van der Waals surface area contributed by atoms with Crippen LogP contribution in [0.4, 0.5) is 11.8 Å². The minimum Gasteiger partial charge on any atom is -0.388 e. The number of anilines is 2. The molecule has 8 unspecified atom stereocenters. The summed E-state index contributed by atoms with van der Waals surface area (Å²) >= 11 is 0. The number of hydrogen-bond acceptors (Lipinski definition) is 16. The molecule has 2 saturated heterocycles. The fraction of sp³-hybridized carbons (Fsp3) is 0.455. The molecule has 0 radical (unpaired) electrons. The Bertz CT molecular complexity index is 1720. The lowest BCUT2D eigenvalue weighted by atomic mass is 10.1. The molecule has 0 amide bonds. The number of aliphatic hydroxyl groups is 2. The highest BCUT2D eigenvalue weighted by Gasteiger charge is 2.47. The zero-order valence-corrected chi connectivity index (χ0v) is 21.2. The topological polar surface area (TPSA) is 267 Å². The molecule has 8 atom stereocenters. The number of imidazole rings is 2. The maximum Gasteiger partial charge on any atom is 0.280 e. The summed E-state index contributed by atoms with van der Waals surface area (Å²) in [4.78, 5) is 44.3. The second-order valence-electron chi connectivity index (χ2n) is 9.84. The Hall–Kier alpha value is -4.72. The first kappa shape index (κ1) is 25.3. The van der Waals surface area contributed by atoms with Gasteiger partial charge in [-0.1, -0.05) is 0 Å². The number of aliphatic imine (C=N–C) groups is 2. The van der Waals surface area contributed by atoms with E-state index in [2.05, 4.69) is 50.5 Å². The molecule has 7 heterocycles. The number of aliphatic hydroxyl groups excluding tert-OH is 2. The van der Waals surface area contributed by atoms with Crippen LogP contribution in [-0.2, 0) is 9.47 Å². The van der Waals surface area contributed by atoms with Crippen LogP contribution in [0.15, 0.2) is 33.8 Å². The summed E-state index contributed by atoms with van der Waals surface area (Å²) in [5, 5.41) is 28.5. The molecule has 19 nitrogen and oxygen atoms in total. The van der Waals surface area contributed by atoms with E-state index in [4.69, 9.17) is 20.9 Å². The van der Waals surface area contributed by atoms with Crippen molar-refractivity contribution in [2.24, 2.45) is 9.98 Å². The van der Waals surface area contributed by atoms with Crippen LogP contribution in [0.5, 0.6) is 0 Å². The molecule has 3 aliphatic heterocycles. The van der Waals surface area contributed by atoms with E-state index in [0.717, 1.165) is 0 Å². The Labute approximate surface area is 229 Å². The number of ether oxygens (including phenoxy) is 2. The second-order valence-corrected chi connectivity index (χ2v) is 9.84. The van der Waals surface area contributed by atoms with Crippen molar-refractivity contribution in [2.75, 3.05) is 24.6 Å². The zero-order chi connectivity index (χ0) is 28.2. The normalized spacial score (nSPS) is 31.8. The number of aromatic amines is 1. The minimum atomic E-state index is -1.02. The summed E-state index contributed by atoms with van der Waals surface area (Å²) in [6, 6.07) is -1.28. The van der Waals surface area contributed by atoms with Gasteiger partial charge in [0.1, 0.15) is 42.3 Å². The van der Waals surface area contributed by atoms with Crippen molar-refractivity contribution in [2.45, 2.75) is 49.0 Å². The predicted molar refractivity (Wildman–Crippen MR) is 143 cm³/mol. The van der Waals surface area contributed by atoms with Gasteiger partial charge in [0, 0.05) is 0 Å². The second kappa shape index (κ2) is 9.73. The third-order valence-corrected chi connectivity index (χ3v) is 7.42. The summed E-state index contributed by atoms with van der Waals surface area (Å²) in [5.74, 6) is 0.145. The molecular formula is C22H26N14O5. The zero-order valence-electron chi connectivity index (χ0n) is 21.2. The number of nitrogens with zero attached hydrogens (tertiary/aromatic N) is 9. The largest absolute Gasteiger partial charge is 0.388 e. The van der Waals surface area contributed by atoms with Gasteiger partial charge in [-0.15, -0.1) is 0 Å². The molecule has 19 heteroatoms. The fourth-order valence-electron chi connectivity index (χ4n) is 5.43. The average Bonchev–Trinajstić information content (AvgIpc) is 3.70. The van der Waals surface area contributed by atoms with Crippen molar-refractivity contribution in [3.63, 3.8) is 0 Å². The number of hydrogen-bond donors (Lipinski definition) is 7. The standard InChI is InChI=1S/C22H26N14O5/c23-16-12-17(30-5-29-16)35(6-31-12)21-15(38)10-8(40-21)1-25-4-28-11-14(37)9(2-26-3-27-10)41-20(11)36-7-32-13-18(36)33-22(24)34-19(13)39/h3-11,14-15,20-21,37-38H,1-2H2,(H,25,28)(H,26,27)(H2,23,29,30)(H3,24,33,34,39). The van der Waals surface area contributed by atoms with Gasteiger partial charge >= 0.3 is 0 Å². The highest BCUT2D eigenvalue weighted by Crippen LogP contribution is 2.33. The van der Waals surface area contributed by atoms with Crippen molar-refractivity contribution in [3.05, 3.63) is 29.3 Å². The molecule has 4 aromatic rings. The van der Waals surface area contributed by atoms with E-state index in [9.17, 15) is 15.0 Å². The Kier molecular flexibility index (Phi) is 5.99. The first-order valence-electron chi connectivity index (χ1n) is 12.7. The number of nitrogens with one attached hydrogen (secondary N) is 3. The first-order valence-corrected chi connectivity index (χ1v) is 12.7. The summed E-state index contributed by atoms with van der Waals surface area (Å²) in [5.41, 5.74) is 12.3. The number of nitrogens with two attached hydrogens (primary N) is 2. The predicted octanol–water partition coefficient (Wildman–Crippen LogP) is -3.37. The van der Waals surface area contributed by atoms with E-state index in [1.165, 1.54) is 36.2 Å². The Morgan fingerprint density at radius 2 is 1.51 bits per heavy atom. The molecule has 0 saturated carbocycles. The third kappa shape index (κ3) is 4.13. The van der Waals surface area contributed by atoms with Gasteiger partial charge in [-0.05, 0) is 0 Å². The molecule has 7 rings (SSSR count). The van der Waals surface area contributed by atoms with Crippen molar-refractivity contribution < 1.29 is 19.7 Å². The van der Waals surface area contributed by atoms with Crippen molar-refractivity contribution >= 4 is 46.8 Å². The van der Waals surface area contributed by atoms with Crippen LogP contribution < -0.4 is 27.7 Å². The van der Waals surface area contributed by atoms with Gasteiger partial charge in [0.25, 0.3) is 5.56 Å². The van der Waals surface area contributed by atoms with Gasteiger partial charge in [-0.25, -0.2) is 19.9 Å². The summed E-state index contributed by atoms with van der Waals surface area (Å²) in [7, 11) is 0. The molecular weight excluding hydrogens is 540 g/mol. The number of rotatable bonds is 2. The van der Waals surface area contributed by atoms with Gasteiger partial charge in [0.2, 0.25) is 5.95 Å². The van der Waals surface area contributed by atoms with E-state index in [1.54, 1.807) is 4.57 Å². The lowest BCUT2D eigenvalue weighted by Crippen LogP contribution is -2.45. The summed E-state index contributed by atoms with van der Waals surface area (Å²) < 4.78 is 15.5. The molecule has 2 fully saturated rings. The molecule has 2 bridgehead atoms. The van der Waals surface area contributed by atoms with Crippen LogP contribution in [-0.4, -0.2) is 112 Å². The van der Waals surface area contributed by atoms with E-state index < -0.39 is 54.5 Å². The SMILES string of the molecule is Nc1nc2c(ncn2C2OC3CN=CNC4C(CN=CNC2C3O)OC(n2cnc3c(N)ncnc32)C4O)c(=O)[nH]1. The molecule has 0 aliphatic carbocycles. The Morgan fingerprint density at radius 3 is 2.32 bits per heavy atom. The van der Waals surface area contributed by atoms with Crippen LogP contribution in [0, 0.1) is 0 Å². The maximum absolute atomic E-state index is 12.3. The van der Waals surface area contributed by atoms with Gasteiger partial charge < -0.3 is 41.8 Å². The number of aromatic nitrogens is 8. The first-order chi connectivity index (χ1) is 19.9. The highest BCUT2D eigenvalue weighted by atomic mass is 16.5. The van der Waals surface area contributed by atoms with Crippen molar-refractivity contribution in [3.8, 4) is 0 Å². The monoisotopic (exact) mass is 566 g/mol. The average molecular weight is 567 g/mol. The van der Waals surface area contributed by atoms with E-state index in [0.29, 0.717) is 11.2 Å². The molecule has 3 aliphatic rings. The lowest BCUT2D eigenvalue weighted by Gasteiger charge is -2.22. The molecule has 0 spiro atoms.